The second kappa shape index (κ2) is 16.6. The number of fused-ring (bicyclic) bond motifs is 2. The zero-order valence-corrected chi connectivity index (χ0v) is 25.9. The standard InChI is InChI=1S/C14H32P2.2C8H6N.Ni/c1-11(2)15(12(3)4)9-10-16(13(5)6)14(7)8;2*1-2-4-8-7(3-1)5-6-9-8;/h11-14H,9-10H2,1-8H3;2*1-6H;/q;2*-1;+2/p+2. The Morgan fingerprint density at radius 3 is 1.11 bits per heavy atom. The van der Waals surface area contributed by atoms with Crippen molar-refractivity contribution < 1.29 is 16.5 Å². The van der Waals surface area contributed by atoms with Gasteiger partial charge in [-0.3, -0.25) is 0 Å². The van der Waals surface area contributed by atoms with E-state index in [0.717, 1.165) is 33.7 Å². The molecule has 2 nitrogen and oxygen atoms in total. The minimum atomic E-state index is -0.114. The van der Waals surface area contributed by atoms with Crippen LogP contribution in [0.15, 0.2) is 73.1 Å². The third-order valence-corrected chi connectivity index (χ3v) is 14.6. The van der Waals surface area contributed by atoms with Crippen molar-refractivity contribution in [1.29, 1.82) is 0 Å². The number of benzene rings is 2. The average Bonchev–Trinajstić information content (AvgIpc) is 3.45. The molecule has 0 unspecified atom stereocenters. The first-order chi connectivity index (χ1) is 16.2. The van der Waals surface area contributed by atoms with Crippen LogP contribution in [0.5, 0.6) is 0 Å². The monoisotopic (exact) mass is 554 g/mol. The van der Waals surface area contributed by atoms with E-state index >= 15 is 0 Å². The molecule has 0 radical (unpaired) electrons. The molecule has 2 aromatic heterocycles. The molecule has 0 fully saturated rings. The molecule has 0 atom stereocenters. The maximum atomic E-state index is 4.12. The van der Waals surface area contributed by atoms with Gasteiger partial charge in [0.15, 0.2) is 0 Å². The van der Waals surface area contributed by atoms with E-state index in [1.807, 2.05) is 60.9 Å². The predicted octanol–water partition coefficient (Wildman–Crippen LogP) is 8.64. The molecule has 5 heteroatoms. The molecular formula is C30H46N2NiP2+2. The SMILES string of the molecule is CC(C)[PH+](CC[PH+](C(C)C)C(C)C)C(C)C.[Ni+2].c1ccc2[n-]ccc2c1.c1ccc2[n-]ccc2c1. The van der Waals surface area contributed by atoms with E-state index in [0.29, 0.717) is 0 Å². The van der Waals surface area contributed by atoms with Crippen molar-refractivity contribution in [1.82, 2.24) is 9.97 Å². The molecule has 0 spiro atoms. The Balaban J connectivity index is 0.000000273. The van der Waals surface area contributed by atoms with Gasteiger partial charge in [0.2, 0.25) is 0 Å². The predicted molar refractivity (Wildman–Crippen MR) is 161 cm³/mol. The van der Waals surface area contributed by atoms with Crippen molar-refractivity contribution >= 4 is 37.6 Å². The molecule has 35 heavy (non-hydrogen) atoms. The Labute approximate surface area is 226 Å². The number of rotatable bonds is 7. The minimum absolute atomic E-state index is 0. The molecule has 0 bridgehead atoms. The Morgan fingerprint density at radius 2 is 0.829 bits per heavy atom. The van der Waals surface area contributed by atoms with E-state index in [1.165, 1.54) is 10.8 Å². The van der Waals surface area contributed by atoms with E-state index in [2.05, 4.69) is 77.5 Å². The molecule has 0 saturated carbocycles. The largest absolute Gasteiger partial charge is 2.00 e. The quantitative estimate of drug-likeness (QED) is 0.169. The summed E-state index contributed by atoms with van der Waals surface area (Å²) in [7, 11) is -0.229. The van der Waals surface area contributed by atoms with Crippen LogP contribution in [-0.2, 0) is 16.5 Å². The molecule has 4 aromatic rings. The van der Waals surface area contributed by atoms with Crippen LogP contribution < -0.4 is 9.97 Å². The molecule has 0 aliphatic carbocycles. The third kappa shape index (κ3) is 10.8. The topological polar surface area (TPSA) is 28.2 Å². The Hall–Kier alpha value is -1.13. The Kier molecular flexibility index (Phi) is 15.1. The van der Waals surface area contributed by atoms with Gasteiger partial charge in [0.05, 0.1) is 35.0 Å². The smallest absolute Gasteiger partial charge is 0.664 e. The number of aromatic nitrogens is 2. The van der Waals surface area contributed by atoms with Crippen LogP contribution in [0, 0.1) is 0 Å². The first-order valence-electron chi connectivity index (χ1n) is 12.8. The van der Waals surface area contributed by atoms with Crippen molar-refractivity contribution in [2.75, 3.05) is 12.3 Å². The first kappa shape index (κ1) is 31.9. The van der Waals surface area contributed by atoms with Gasteiger partial charge in [-0.05, 0) is 66.2 Å². The minimum Gasteiger partial charge on any atom is -0.664 e. The second-order valence-electron chi connectivity index (χ2n) is 10.3. The first-order valence-corrected chi connectivity index (χ1v) is 16.6. The van der Waals surface area contributed by atoms with Crippen LogP contribution in [0.2, 0.25) is 0 Å². The van der Waals surface area contributed by atoms with Crippen molar-refractivity contribution in [2.24, 2.45) is 0 Å². The van der Waals surface area contributed by atoms with Gasteiger partial charge in [0.1, 0.15) is 0 Å². The Bertz CT molecular complexity index is 906. The summed E-state index contributed by atoms with van der Waals surface area (Å²) in [5.74, 6) is 0. The van der Waals surface area contributed by atoms with Crippen LogP contribution >= 0.6 is 15.8 Å². The molecule has 2 heterocycles. The van der Waals surface area contributed by atoms with Gasteiger partial charge >= 0.3 is 16.5 Å². The van der Waals surface area contributed by atoms with Crippen LogP contribution in [0.1, 0.15) is 55.4 Å². The van der Waals surface area contributed by atoms with Crippen molar-refractivity contribution in [3.05, 3.63) is 73.1 Å². The zero-order valence-electron chi connectivity index (χ0n) is 22.9. The summed E-state index contributed by atoms with van der Waals surface area (Å²) in [4.78, 5) is 8.24. The van der Waals surface area contributed by atoms with Crippen LogP contribution in [-0.4, -0.2) is 35.0 Å². The van der Waals surface area contributed by atoms with Crippen molar-refractivity contribution in [3.8, 4) is 0 Å². The molecule has 0 amide bonds. The summed E-state index contributed by atoms with van der Waals surface area (Å²) < 4.78 is 0. The number of nitrogens with zero attached hydrogens (tertiary/aromatic N) is 2. The van der Waals surface area contributed by atoms with Gasteiger partial charge in [0, 0.05) is 15.8 Å². The van der Waals surface area contributed by atoms with E-state index in [9.17, 15) is 0 Å². The normalized spacial score (nSPS) is 11.3. The summed E-state index contributed by atoms with van der Waals surface area (Å²) in [6, 6.07) is 20.2. The molecule has 0 N–H and O–H groups in total. The van der Waals surface area contributed by atoms with Gasteiger partial charge in [0.25, 0.3) is 0 Å². The maximum Gasteiger partial charge on any atom is 2.00 e. The number of para-hydroxylation sites is 2. The summed E-state index contributed by atoms with van der Waals surface area (Å²) in [6.07, 6.45) is 6.77. The van der Waals surface area contributed by atoms with Gasteiger partial charge in [-0.15, -0.1) is 11.0 Å². The number of hydrogen-bond donors (Lipinski definition) is 0. The molecule has 0 saturated heterocycles. The van der Waals surface area contributed by atoms with Crippen molar-refractivity contribution in [3.63, 3.8) is 0 Å². The molecule has 0 aliphatic heterocycles. The van der Waals surface area contributed by atoms with E-state index < -0.39 is 0 Å². The van der Waals surface area contributed by atoms with Gasteiger partial charge in [-0.2, -0.15) is 12.4 Å². The second-order valence-corrected chi connectivity index (χ2v) is 18.2. The summed E-state index contributed by atoms with van der Waals surface area (Å²) in [5.41, 5.74) is 5.97. The van der Waals surface area contributed by atoms with Gasteiger partial charge in [-0.1, -0.05) is 60.7 Å². The zero-order chi connectivity index (χ0) is 25.1. The van der Waals surface area contributed by atoms with Crippen LogP contribution in [0.3, 0.4) is 0 Å². The average molecular weight is 555 g/mol. The molecule has 194 valence electrons. The fraction of sp³-hybridized carbons (Fsp3) is 0.467. The molecule has 0 aliphatic rings. The van der Waals surface area contributed by atoms with E-state index in [1.54, 1.807) is 12.3 Å². The fourth-order valence-corrected chi connectivity index (χ4v) is 11.9. The third-order valence-electron chi connectivity index (χ3n) is 6.48. The Morgan fingerprint density at radius 1 is 0.514 bits per heavy atom. The molecule has 2 aromatic carbocycles. The van der Waals surface area contributed by atoms with Crippen molar-refractivity contribution in [2.45, 2.75) is 78.0 Å². The fourth-order valence-electron chi connectivity index (χ4n) is 4.66. The van der Waals surface area contributed by atoms with E-state index in [-0.39, 0.29) is 32.3 Å². The summed E-state index contributed by atoms with van der Waals surface area (Å²) in [6.45, 7) is 19.5. The summed E-state index contributed by atoms with van der Waals surface area (Å²) in [5, 5.41) is 2.44. The molecular weight excluding hydrogens is 509 g/mol. The molecule has 4 rings (SSSR count). The maximum absolute atomic E-state index is 4.12. The number of hydrogen-bond acceptors (Lipinski definition) is 0. The van der Waals surface area contributed by atoms with Crippen LogP contribution in [0.25, 0.3) is 21.8 Å². The van der Waals surface area contributed by atoms with E-state index in [4.69, 9.17) is 0 Å². The van der Waals surface area contributed by atoms with Crippen LogP contribution in [0.4, 0.5) is 0 Å². The summed E-state index contributed by atoms with van der Waals surface area (Å²) >= 11 is 0. The van der Waals surface area contributed by atoms with Gasteiger partial charge < -0.3 is 9.97 Å². The van der Waals surface area contributed by atoms with Gasteiger partial charge in [-0.25, -0.2) is 0 Å².